The van der Waals surface area contributed by atoms with E-state index in [1.165, 1.54) is 31.0 Å². The highest BCUT2D eigenvalue weighted by Crippen LogP contribution is 2.33. The Labute approximate surface area is 192 Å². The van der Waals surface area contributed by atoms with E-state index in [2.05, 4.69) is 12.2 Å². The number of carbonyl (C=O) groups excluding carboxylic acids is 1. The molecule has 0 aromatic carbocycles. The van der Waals surface area contributed by atoms with Crippen LogP contribution < -0.4 is 10.9 Å². The van der Waals surface area contributed by atoms with Crippen molar-refractivity contribution in [3.63, 3.8) is 0 Å². The predicted molar refractivity (Wildman–Crippen MR) is 131 cm³/mol. The number of carbonyl (C=O) groups is 1. The molecule has 8 heteroatoms. The van der Waals surface area contributed by atoms with Gasteiger partial charge in [0.2, 0.25) is 0 Å². The second-order valence-corrected chi connectivity index (χ2v) is 9.96. The molecule has 3 heterocycles. The zero-order valence-electron chi connectivity index (χ0n) is 18.0. The number of aromatic nitrogens is 2. The van der Waals surface area contributed by atoms with Gasteiger partial charge in [-0.05, 0) is 43.9 Å². The van der Waals surface area contributed by atoms with Crippen molar-refractivity contribution < 1.29 is 4.79 Å². The van der Waals surface area contributed by atoms with E-state index in [9.17, 15) is 9.59 Å². The molecule has 2 aliphatic rings. The van der Waals surface area contributed by atoms with Crippen LogP contribution in [-0.2, 0) is 4.79 Å². The molecule has 1 amide bonds. The Morgan fingerprint density at radius 3 is 2.77 bits per heavy atom. The predicted octanol–water partition coefficient (Wildman–Crippen LogP) is 4.75. The highest BCUT2D eigenvalue weighted by molar-refractivity contribution is 8.26. The first-order valence-corrected chi connectivity index (χ1v) is 12.3. The lowest BCUT2D eigenvalue weighted by atomic mass is 9.95. The maximum atomic E-state index is 13.4. The monoisotopic (exact) mass is 456 g/mol. The summed E-state index contributed by atoms with van der Waals surface area (Å²) in [7, 11) is 0. The van der Waals surface area contributed by atoms with Gasteiger partial charge in [-0.25, -0.2) is 4.98 Å². The average Bonchev–Trinajstić information content (AvgIpc) is 3.03. The first kappa shape index (κ1) is 22.0. The molecule has 1 aliphatic carbocycles. The summed E-state index contributed by atoms with van der Waals surface area (Å²) in [6.07, 6.45) is 11.1. The summed E-state index contributed by atoms with van der Waals surface area (Å²) in [6.45, 7) is 4.64. The summed E-state index contributed by atoms with van der Waals surface area (Å²) in [6, 6.07) is 4.10. The second kappa shape index (κ2) is 9.53. The summed E-state index contributed by atoms with van der Waals surface area (Å²) in [5.41, 5.74) is 1.82. The fourth-order valence-corrected chi connectivity index (χ4v) is 5.37. The summed E-state index contributed by atoms with van der Waals surface area (Å²) in [5, 5.41) is 3.51. The van der Waals surface area contributed by atoms with Crippen molar-refractivity contribution in [2.24, 2.45) is 0 Å². The number of pyridine rings is 1. The average molecular weight is 457 g/mol. The molecule has 0 unspecified atom stereocenters. The Balaban J connectivity index is 1.77. The summed E-state index contributed by atoms with van der Waals surface area (Å²) in [4.78, 5) is 33.3. The molecular weight excluding hydrogens is 428 g/mol. The van der Waals surface area contributed by atoms with Crippen LogP contribution in [0.25, 0.3) is 11.7 Å². The number of fused-ring (bicyclic) bond motifs is 1. The van der Waals surface area contributed by atoms with Gasteiger partial charge in [-0.2, -0.15) is 0 Å². The zero-order valence-corrected chi connectivity index (χ0v) is 19.7. The number of thioether (sulfide) groups is 1. The van der Waals surface area contributed by atoms with Gasteiger partial charge < -0.3 is 5.32 Å². The Kier molecular flexibility index (Phi) is 6.77. The van der Waals surface area contributed by atoms with Gasteiger partial charge in [0, 0.05) is 18.8 Å². The molecule has 164 valence electrons. The van der Waals surface area contributed by atoms with E-state index in [4.69, 9.17) is 17.2 Å². The summed E-state index contributed by atoms with van der Waals surface area (Å²) < 4.78 is 2.11. The smallest absolute Gasteiger partial charge is 0.267 e. The van der Waals surface area contributed by atoms with E-state index >= 15 is 0 Å². The third-order valence-electron chi connectivity index (χ3n) is 5.84. The van der Waals surface area contributed by atoms with Crippen LogP contribution in [0.3, 0.4) is 0 Å². The number of amides is 1. The Morgan fingerprint density at radius 1 is 1.26 bits per heavy atom. The van der Waals surface area contributed by atoms with E-state index in [1.54, 1.807) is 21.6 Å². The lowest BCUT2D eigenvalue weighted by Gasteiger charge is -2.24. The van der Waals surface area contributed by atoms with Crippen LogP contribution in [-0.4, -0.2) is 37.1 Å². The maximum absolute atomic E-state index is 13.4. The van der Waals surface area contributed by atoms with Crippen molar-refractivity contribution >= 4 is 51.7 Å². The van der Waals surface area contributed by atoms with E-state index in [-0.39, 0.29) is 11.5 Å². The maximum Gasteiger partial charge on any atom is 0.267 e. The van der Waals surface area contributed by atoms with Crippen LogP contribution >= 0.6 is 24.0 Å². The minimum absolute atomic E-state index is 0.124. The van der Waals surface area contributed by atoms with Crippen LogP contribution in [0.4, 0.5) is 5.82 Å². The summed E-state index contributed by atoms with van der Waals surface area (Å²) in [5.74, 6) is 0.431. The van der Waals surface area contributed by atoms with Crippen molar-refractivity contribution in [3.8, 4) is 0 Å². The van der Waals surface area contributed by atoms with Gasteiger partial charge in [0.1, 0.15) is 15.8 Å². The second-order valence-electron chi connectivity index (χ2n) is 8.28. The third-order valence-corrected chi connectivity index (χ3v) is 7.21. The first-order valence-electron chi connectivity index (χ1n) is 11.0. The number of nitrogens with one attached hydrogen (secondary N) is 1. The minimum Gasteiger partial charge on any atom is -0.367 e. The molecule has 31 heavy (non-hydrogen) atoms. The van der Waals surface area contributed by atoms with Crippen LogP contribution in [0.15, 0.2) is 28.0 Å². The number of aryl methyl sites for hydroxylation is 1. The van der Waals surface area contributed by atoms with Crippen molar-refractivity contribution in [2.75, 3.05) is 11.9 Å². The standard InChI is InChI=1S/C23H28N4O2S2/c1-3-4-12-26-22(29)18(31-23(26)30)13-17-20(24-16-8-6-5-7-9-16)25-19-11-10-15(2)14-27(19)21(17)28/h10-11,13-14,16,24H,3-9,12H2,1-2H3. The number of hydrogen-bond acceptors (Lipinski definition) is 6. The quantitative estimate of drug-likeness (QED) is 0.500. The number of anilines is 1. The molecule has 0 bridgehead atoms. The normalized spacial score (nSPS) is 19.0. The van der Waals surface area contributed by atoms with Crippen LogP contribution in [0.5, 0.6) is 0 Å². The van der Waals surface area contributed by atoms with Crippen LogP contribution in [0.1, 0.15) is 63.0 Å². The molecule has 2 fully saturated rings. The summed E-state index contributed by atoms with van der Waals surface area (Å²) >= 11 is 6.69. The van der Waals surface area contributed by atoms with Gasteiger partial charge in [-0.1, -0.05) is 62.7 Å². The van der Waals surface area contributed by atoms with Gasteiger partial charge in [0.25, 0.3) is 11.5 Å². The molecule has 1 aliphatic heterocycles. The molecule has 0 spiro atoms. The van der Waals surface area contributed by atoms with Crippen LogP contribution in [0, 0.1) is 6.92 Å². The zero-order chi connectivity index (χ0) is 22.0. The highest BCUT2D eigenvalue weighted by atomic mass is 32.2. The number of unbranched alkanes of at least 4 members (excludes halogenated alkanes) is 1. The van der Waals surface area contributed by atoms with Gasteiger partial charge in [0.05, 0.1) is 10.5 Å². The highest BCUT2D eigenvalue weighted by Gasteiger charge is 2.32. The number of hydrogen-bond donors (Lipinski definition) is 1. The van der Waals surface area contributed by atoms with Gasteiger partial charge in [-0.3, -0.25) is 18.9 Å². The van der Waals surface area contributed by atoms with Crippen molar-refractivity contribution in [1.82, 2.24) is 14.3 Å². The molecule has 1 N–H and O–H groups in total. The SMILES string of the molecule is CCCCN1C(=O)C(=Cc2c(NC3CCCCC3)nc3ccc(C)cn3c2=O)SC1=S. The molecule has 2 aromatic rings. The lowest BCUT2D eigenvalue weighted by Crippen LogP contribution is -2.29. The van der Waals surface area contributed by atoms with Crippen molar-refractivity contribution in [1.29, 1.82) is 0 Å². The van der Waals surface area contributed by atoms with E-state index in [1.807, 2.05) is 19.1 Å². The Hall–Kier alpha value is -2.19. The lowest BCUT2D eigenvalue weighted by molar-refractivity contribution is -0.122. The number of thiocarbonyl (C=S) groups is 1. The molecule has 6 nitrogen and oxygen atoms in total. The molecule has 4 rings (SSSR count). The molecule has 1 saturated heterocycles. The topological polar surface area (TPSA) is 66.7 Å². The molecule has 1 saturated carbocycles. The number of nitrogens with zero attached hydrogens (tertiary/aromatic N) is 3. The fraction of sp³-hybridized carbons (Fsp3) is 0.478. The Bertz CT molecular complexity index is 1100. The van der Waals surface area contributed by atoms with Crippen molar-refractivity contribution in [2.45, 2.75) is 64.8 Å². The first-order chi connectivity index (χ1) is 15.0. The largest absolute Gasteiger partial charge is 0.367 e. The van der Waals surface area contributed by atoms with Gasteiger partial charge >= 0.3 is 0 Å². The van der Waals surface area contributed by atoms with E-state index in [0.717, 1.165) is 31.2 Å². The minimum atomic E-state index is -0.175. The molecule has 0 atom stereocenters. The fourth-order valence-electron chi connectivity index (χ4n) is 4.08. The van der Waals surface area contributed by atoms with Crippen LogP contribution in [0.2, 0.25) is 0 Å². The number of rotatable bonds is 6. The third kappa shape index (κ3) is 4.70. The van der Waals surface area contributed by atoms with E-state index in [0.29, 0.717) is 38.8 Å². The van der Waals surface area contributed by atoms with Crippen molar-refractivity contribution in [3.05, 3.63) is 44.7 Å². The van der Waals surface area contributed by atoms with Gasteiger partial charge in [-0.15, -0.1) is 0 Å². The molecular formula is C23H28N4O2S2. The van der Waals surface area contributed by atoms with E-state index < -0.39 is 0 Å². The van der Waals surface area contributed by atoms with Gasteiger partial charge in [0.15, 0.2) is 0 Å². The molecule has 0 radical (unpaired) electrons. The molecule has 2 aromatic heterocycles. The Morgan fingerprint density at radius 2 is 2.03 bits per heavy atom.